The Morgan fingerprint density at radius 2 is 1.92 bits per heavy atom. The molecule has 2 aromatic rings. The Morgan fingerprint density at radius 1 is 1.19 bits per heavy atom. The fraction of sp³-hybridized carbons (Fsp3) is 0.300. The number of rotatable bonds is 8. The fourth-order valence-corrected chi connectivity index (χ4v) is 3.00. The molecule has 0 unspecified atom stereocenters. The number of amides is 1. The highest BCUT2D eigenvalue weighted by Gasteiger charge is 2.17. The first-order valence-corrected chi connectivity index (χ1v) is 9.19. The largest absolute Gasteiger partial charge is 0.490 e. The molecule has 26 heavy (non-hydrogen) atoms. The van der Waals surface area contributed by atoms with Gasteiger partial charge in [-0.3, -0.25) is 4.79 Å². The number of carbonyl (C=O) groups is 1. The predicted octanol–water partition coefficient (Wildman–Crippen LogP) is 4.15. The Hall–Kier alpha value is -2.52. The van der Waals surface area contributed by atoms with Crippen LogP contribution in [-0.2, 0) is 11.3 Å². The van der Waals surface area contributed by atoms with Crippen molar-refractivity contribution >= 4 is 21.8 Å². The lowest BCUT2D eigenvalue weighted by Crippen LogP contribution is -2.34. The lowest BCUT2D eigenvalue weighted by Gasteiger charge is -2.22. The van der Waals surface area contributed by atoms with Crippen molar-refractivity contribution in [1.82, 2.24) is 4.90 Å². The first kappa shape index (κ1) is 19.8. The van der Waals surface area contributed by atoms with Crippen LogP contribution in [-0.4, -0.2) is 30.6 Å². The maximum absolute atomic E-state index is 12.5. The Labute approximate surface area is 162 Å². The van der Waals surface area contributed by atoms with Crippen molar-refractivity contribution in [3.8, 4) is 17.6 Å². The third-order valence-electron chi connectivity index (χ3n) is 3.73. The molecule has 2 aromatic carbocycles. The first-order valence-electron chi connectivity index (χ1n) is 8.40. The van der Waals surface area contributed by atoms with Gasteiger partial charge in [-0.25, -0.2) is 0 Å². The summed E-state index contributed by atoms with van der Waals surface area (Å²) in [6.07, 6.45) is 0. The van der Waals surface area contributed by atoms with Crippen LogP contribution < -0.4 is 9.47 Å². The van der Waals surface area contributed by atoms with Crippen LogP contribution in [0, 0.1) is 11.3 Å². The summed E-state index contributed by atoms with van der Waals surface area (Å²) < 4.78 is 11.9. The van der Waals surface area contributed by atoms with Gasteiger partial charge in [-0.2, -0.15) is 5.26 Å². The van der Waals surface area contributed by atoms with Crippen molar-refractivity contribution < 1.29 is 14.3 Å². The normalized spacial score (nSPS) is 10.1. The number of hydrogen-bond acceptors (Lipinski definition) is 4. The SMILES string of the molecule is CCOc1cc(C#N)cc(Br)c1OCC(=O)N(CC)Cc1ccccc1. The number of halogens is 1. The molecule has 0 radical (unpaired) electrons. The average molecular weight is 417 g/mol. The molecule has 2 rings (SSSR count). The number of ether oxygens (including phenoxy) is 2. The van der Waals surface area contributed by atoms with Gasteiger partial charge in [0.15, 0.2) is 18.1 Å². The summed E-state index contributed by atoms with van der Waals surface area (Å²) in [6, 6.07) is 15.1. The molecule has 0 fully saturated rings. The molecule has 0 bridgehead atoms. The zero-order valence-corrected chi connectivity index (χ0v) is 16.5. The molecule has 0 N–H and O–H groups in total. The monoisotopic (exact) mass is 416 g/mol. The van der Waals surface area contributed by atoms with Gasteiger partial charge in [0, 0.05) is 19.2 Å². The van der Waals surface area contributed by atoms with E-state index in [1.807, 2.05) is 44.2 Å². The highest BCUT2D eigenvalue weighted by atomic mass is 79.9. The summed E-state index contributed by atoms with van der Waals surface area (Å²) in [4.78, 5) is 14.3. The highest BCUT2D eigenvalue weighted by molar-refractivity contribution is 9.10. The lowest BCUT2D eigenvalue weighted by molar-refractivity contribution is -0.133. The molecular weight excluding hydrogens is 396 g/mol. The smallest absolute Gasteiger partial charge is 0.260 e. The minimum absolute atomic E-state index is 0.106. The van der Waals surface area contributed by atoms with Crippen LogP contribution in [0.5, 0.6) is 11.5 Å². The van der Waals surface area contributed by atoms with Gasteiger partial charge >= 0.3 is 0 Å². The summed E-state index contributed by atoms with van der Waals surface area (Å²) in [7, 11) is 0. The molecule has 0 aromatic heterocycles. The molecule has 0 saturated carbocycles. The van der Waals surface area contributed by atoms with E-state index in [4.69, 9.17) is 14.7 Å². The van der Waals surface area contributed by atoms with Gasteiger partial charge in [-0.05, 0) is 41.4 Å². The average Bonchev–Trinajstić information content (AvgIpc) is 2.66. The van der Waals surface area contributed by atoms with Gasteiger partial charge in [0.1, 0.15) is 0 Å². The quantitative estimate of drug-likeness (QED) is 0.648. The molecule has 0 aliphatic rings. The number of nitrogens with zero attached hydrogens (tertiary/aromatic N) is 2. The second kappa shape index (κ2) is 9.83. The maximum Gasteiger partial charge on any atom is 0.260 e. The van der Waals surface area contributed by atoms with Gasteiger partial charge in [-0.1, -0.05) is 30.3 Å². The molecule has 0 atom stereocenters. The molecular formula is C20H21BrN2O3. The van der Waals surface area contributed by atoms with E-state index in [-0.39, 0.29) is 12.5 Å². The van der Waals surface area contributed by atoms with Crippen LogP contribution in [0.2, 0.25) is 0 Å². The molecule has 0 spiro atoms. The van der Waals surface area contributed by atoms with Crippen LogP contribution in [0.1, 0.15) is 25.0 Å². The fourth-order valence-electron chi connectivity index (χ4n) is 2.44. The molecule has 6 heteroatoms. The molecule has 0 aliphatic carbocycles. The van der Waals surface area contributed by atoms with Crippen LogP contribution in [0.15, 0.2) is 46.9 Å². The van der Waals surface area contributed by atoms with E-state index in [9.17, 15) is 4.79 Å². The molecule has 0 aliphatic heterocycles. The van der Waals surface area contributed by atoms with Gasteiger partial charge in [-0.15, -0.1) is 0 Å². The molecule has 136 valence electrons. The second-order valence-corrected chi connectivity index (χ2v) is 6.37. The highest BCUT2D eigenvalue weighted by Crippen LogP contribution is 2.36. The Balaban J connectivity index is 2.09. The molecule has 1 amide bonds. The Bertz CT molecular complexity index is 788. The van der Waals surface area contributed by atoms with Gasteiger partial charge in [0.25, 0.3) is 5.91 Å². The molecule has 0 heterocycles. The molecule has 5 nitrogen and oxygen atoms in total. The van der Waals surface area contributed by atoms with Crippen molar-refractivity contribution in [3.05, 3.63) is 58.1 Å². The van der Waals surface area contributed by atoms with E-state index < -0.39 is 0 Å². The second-order valence-electron chi connectivity index (χ2n) is 5.51. The van der Waals surface area contributed by atoms with Crippen molar-refractivity contribution in [2.24, 2.45) is 0 Å². The summed E-state index contributed by atoms with van der Waals surface area (Å²) in [5.41, 5.74) is 1.52. The van der Waals surface area contributed by atoms with Gasteiger partial charge in [0.05, 0.1) is 22.7 Å². The first-order chi connectivity index (χ1) is 12.6. The molecule has 0 saturated heterocycles. The van der Waals surface area contributed by atoms with E-state index in [1.54, 1.807) is 17.0 Å². The van der Waals surface area contributed by atoms with E-state index in [0.717, 1.165) is 5.56 Å². The van der Waals surface area contributed by atoms with Crippen LogP contribution >= 0.6 is 15.9 Å². The third kappa shape index (κ3) is 5.24. The predicted molar refractivity (Wildman–Crippen MR) is 103 cm³/mol. The maximum atomic E-state index is 12.5. The summed E-state index contributed by atoms with van der Waals surface area (Å²) in [5.74, 6) is 0.752. The van der Waals surface area contributed by atoms with E-state index >= 15 is 0 Å². The van der Waals surface area contributed by atoms with E-state index in [0.29, 0.717) is 41.2 Å². The van der Waals surface area contributed by atoms with Gasteiger partial charge in [0.2, 0.25) is 0 Å². The van der Waals surface area contributed by atoms with Crippen LogP contribution in [0.4, 0.5) is 0 Å². The van der Waals surface area contributed by atoms with Gasteiger partial charge < -0.3 is 14.4 Å². The number of hydrogen-bond donors (Lipinski definition) is 0. The van der Waals surface area contributed by atoms with Crippen molar-refractivity contribution in [2.75, 3.05) is 19.8 Å². The van der Waals surface area contributed by atoms with Crippen LogP contribution in [0.3, 0.4) is 0 Å². The van der Waals surface area contributed by atoms with E-state index in [1.165, 1.54) is 0 Å². The Morgan fingerprint density at radius 3 is 2.54 bits per heavy atom. The zero-order valence-electron chi connectivity index (χ0n) is 14.9. The minimum atomic E-state index is -0.116. The van der Waals surface area contributed by atoms with Crippen molar-refractivity contribution in [1.29, 1.82) is 5.26 Å². The number of nitriles is 1. The van der Waals surface area contributed by atoms with Crippen molar-refractivity contribution in [2.45, 2.75) is 20.4 Å². The summed E-state index contributed by atoms with van der Waals surface area (Å²) >= 11 is 3.39. The summed E-state index contributed by atoms with van der Waals surface area (Å²) in [6.45, 7) is 5.23. The van der Waals surface area contributed by atoms with Crippen molar-refractivity contribution in [3.63, 3.8) is 0 Å². The summed E-state index contributed by atoms with van der Waals surface area (Å²) in [5, 5.41) is 9.08. The number of likely N-dealkylation sites (N-methyl/N-ethyl adjacent to an activating group) is 1. The topological polar surface area (TPSA) is 62.6 Å². The van der Waals surface area contributed by atoms with E-state index in [2.05, 4.69) is 22.0 Å². The third-order valence-corrected chi connectivity index (χ3v) is 4.32. The standard InChI is InChI=1S/C20H21BrN2O3/c1-3-23(13-15-8-6-5-7-9-15)19(24)14-26-20-17(21)10-16(12-22)11-18(20)25-4-2/h5-11H,3-4,13-14H2,1-2H3. The minimum Gasteiger partial charge on any atom is -0.490 e. The number of carbonyl (C=O) groups excluding carboxylic acids is 1. The number of benzene rings is 2. The lowest BCUT2D eigenvalue weighted by atomic mass is 10.2. The van der Waals surface area contributed by atoms with Crippen LogP contribution in [0.25, 0.3) is 0 Å². The Kier molecular flexibility index (Phi) is 7.49. The zero-order chi connectivity index (χ0) is 18.9.